The number of hydrogen-bond donors (Lipinski definition) is 2. The lowest BCUT2D eigenvalue weighted by Crippen LogP contribution is -2.43. The van der Waals surface area contributed by atoms with Crippen molar-refractivity contribution in [2.24, 2.45) is 5.92 Å². The van der Waals surface area contributed by atoms with E-state index in [0.29, 0.717) is 11.4 Å². The van der Waals surface area contributed by atoms with Crippen molar-refractivity contribution < 1.29 is 32.3 Å². The molecule has 0 bridgehead atoms. The lowest BCUT2D eigenvalue weighted by Gasteiger charge is -2.11. The van der Waals surface area contributed by atoms with Crippen LogP contribution in [0.1, 0.15) is 23.2 Å². The fraction of sp³-hybridized carbons (Fsp3) is 0.438. The van der Waals surface area contributed by atoms with Gasteiger partial charge in [-0.3, -0.25) is 25.2 Å². The van der Waals surface area contributed by atoms with Gasteiger partial charge in [0.05, 0.1) is 24.2 Å². The molecule has 0 aromatic heterocycles. The first-order chi connectivity index (χ1) is 12.7. The second kappa shape index (κ2) is 9.05. The van der Waals surface area contributed by atoms with Crippen LogP contribution in [-0.4, -0.2) is 51.4 Å². The molecule has 1 aromatic carbocycles. The zero-order chi connectivity index (χ0) is 20.0. The summed E-state index contributed by atoms with van der Waals surface area (Å²) in [6.07, 6.45) is 0.333. The van der Waals surface area contributed by atoms with Crippen LogP contribution in [0.4, 0.5) is 0 Å². The fourth-order valence-corrected chi connectivity index (χ4v) is 4.60. The number of esters is 1. The molecule has 11 heteroatoms. The van der Waals surface area contributed by atoms with E-state index in [4.69, 9.17) is 21.1 Å². The number of halogens is 1. The van der Waals surface area contributed by atoms with Crippen molar-refractivity contribution in [3.63, 3.8) is 0 Å². The van der Waals surface area contributed by atoms with Crippen LogP contribution in [0.3, 0.4) is 0 Å². The van der Waals surface area contributed by atoms with Gasteiger partial charge in [0.25, 0.3) is 11.8 Å². The van der Waals surface area contributed by atoms with Crippen molar-refractivity contribution in [2.45, 2.75) is 12.8 Å². The van der Waals surface area contributed by atoms with Crippen molar-refractivity contribution in [3.8, 4) is 5.75 Å². The molecule has 1 aliphatic rings. The van der Waals surface area contributed by atoms with Crippen molar-refractivity contribution >= 4 is 39.2 Å². The summed E-state index contributed by atoms with van der Waals surface area (Å²) in [5.74, 6) is -2.10. The van der Waals surface area contributed by atoms with Gasteiger partial charge in [0, 0.05) is 11.4 Å². The third kappa shape index (κ3) is 6.40. The molecular formula is C16H19ClN2O7S. The first-order valence-corrected chi connectivity index (χ1v) is 10.2. The Morgan fingerprint density at radius 1 is 1.26 bits per heavy atom. The Bertz CT molecular complexity index is 841. The molecule has 148 valence electrons. The van der Waals surface area contributed by atoms with Gasteiger partial charge in [0.2, 0.25) is 0 Å². The second-order valence-corrected chi connectivity index (χ2v) is 8.65. The van der Waals surface area contributed by atoms with E-state index in [1.165, 1.54) is 19.2 Å². The van der Waals surface area contributed by atoms with E-state index in [-0.39, 0.29) is 35.2 Å². The highest BCUT2D eigenvalue weighted by Crippen LogP contribution is 2.23. The number of hydrazine groups is 1. The average Bonchev–Trinajstić information content (AvgIpc) is 2.96. The van der Waals surface area contributed by atoms with Crippen LogP contribution in [0.15, 0.2) is 18.2 Å². The van der Waals surface area contributed by atoms with Crippen LogP contribution in [0.2, 0.25) is 5.02 Å². The molecule has 2 rings (SSSR count). The fourth-order valence-electron chi connectivity index (χ4n) is 2.56. The molecular weight excluding hydrogens is 400 g/mol. The summed E-state index contributed by atoms with van der Waals surface area (Å²) >= 11 is 5.83. The minimum absolute atomic E-state index is 0.0498. The van der Waals surface area contributed by atoms with Gasteiger partial charge in [-0.15, -0.1) is 0 Å². The Hall–Kier alpha value is -2.33. The maximum absolute atomic E-state index is 12.1. The number of ether oxygens (including phenoxy) is 2. The summed E-state index contributed by atoms with van der Waals surface area (Å²) in [6, 6.07) is 4.42. The normalized spacial score (nSPS) is 17.8. The lowest BCUT2D eigenvalue weighted by atomic mass is 10.1. The molecule has 1 aliphatic heterocycles. The molecule has 1 aromatic rings. The van der Waals surface area contributed by atoms with Gasteiger partial charge in [-0.25, -0.2) is 8.42 Å². The zero-order valence-corrected chi connectivity index (χ0v) is 16.1. The molecule has 9 nitrogen and oxygen atoms in total. The van der Waals surface area contributed by atoms with Crippen LogP contribution in [0.25, 0.3) is 0 Å². The molecule has 0 saturated carbocycles. The molecule has 2 N–H and O–H groups in total. The summed E-state index contributed by atoms with van der Waals surface area (Å²) < 4.78 is 32.5. The number of carbonyl (C=O) groups is 3. The Kier molecular flexibility index (Phi) is 7.03. The zero-order valence-electron chi connectivity index (χ0n) is 14.5. The molecule has 2 amide bonds. The number of benzene rings is 1. The van der Waals surface area contributed by atoms with Gasteiger partial charge < -0.3 is 9.47 Å². The summed E-state index contributed by atoms with van der Waals surface area (Å²) in [6.45, 7) is -0.606. The van der Waals surface area contributed by atoms with Crippen LogP contribution in [0, 0.1) is 5.92 Å². The van der Waals surface area contributed by atoms with Crippen LogP contribution >= 0.6 is 11.6 Å². The van der Waals surface area contributed by atoms with E-state index < -0.39 is 34.2 Å². The predicted octanol–water partition coefficient (Wildman–Crippen LogP) is 0.478. The summed E-state index contributed by atoms with van der Waals surface area (Å²) in [7, 11) is -1.70. The quantitative estimate of drug-likeness (QED) is 0.507. The molecule has 27 heavy (non-hydrogen) atoms. The molecule has 0 aliphatic carbocycles. The minimum atomic E-state index is -3.08. The van der Waals surface area contributed by atoms with Crippen LogP contribution in [0.5, 0.6) is 5.75 Å². The van der Waals surface area contributed by atoms with E-state index in [1.807, 2.05) is 0 Å². The van der Waals surface area contributed by atoms with E-state index >= 15 is 0 Å². The van der Waals surface area contributed by atoms with E-state index in [9.17, 15) is 22.8 Å². The Morgan fingerprint density at radius 3 is 2.63 bits per heavy atom. The van der Waals surface area contributed by atoms with E-state index in [1.54, 1.807) is 6.07 Å². The van der Waals surface area contributed by atoms with Crippen molar-refractivity contribution in [2.75, 3.05) is 25.2 Å². The highest BCUT2D eigenvalue weighted by molar-refractivity contribution is 7.91. The molecule has 1 fully saturated rings. The van der Waals surface area contributed by atoms with Crippen molar-refractivity contribution in [1.82, 2.24) is 10.9 Å². The molecule has 0 unspecified atom stereocenters. The number of methoxy groups -OCH3 is 1. The molecule has 1 atom stereocenters. The molecule has 1 heterocycles. The van der Waals surface area contributed by atoms with Gasteiger partial charge >= 0.3 is 5.97 Å². The Labute approximate surface area is 161 Å². The third-order valence-electron chi connectivity index (χ3n) is 3.87. The largest absolute Gasteiger partial charge is 0.496 e. The number of nitrogens with one attached hydrogen (secondary N) is 2. The second-order valence-electron chi connectivity index (χ2n) is 5.98. The summed E-state index contributed by atoms with van der Waals surface area (Å²) in [4.78, 5) is 35.4. The van der Waals surface area contributed by atoms with E-state index in [0.717, 1.165) is 0 Å². The standard InChI is InChI=1S/C16H19ClN2O7S/c1-25-13-3-2-11(17)7-12(13)16(22)19-18-14(20)8-26-15(21)6-10-4-5-27(23,24)9-10/h2-3,7,10H,4-6,8-9H2,1H3,(H,18,20)(H,19,22)/t10-/m0/s1. The number of hydrogen-bond acceptors (Lipinski definition) is 7. The number of amides is 2. The van der Waals surface area contributed by atoms with E-state index in [2.05, 4.69) is 10.9 Å². The number of sulfone groups is 1. The summed E-state index contributed by atoms with van der Waals surface area (Å²) in [5, 5.41) is 0.315. The maximum Gasteiger partial charge on any atom is 0.306 e. The van der Waals surface area contributed by atoms with Gasteiger partial charge in [0.15, 0.2) is 16.4 Å². The number of carbonyl (C=O) groups excluding carboxylic acids is 3. The average molecular weight is 419 g/mol. The Balaban J connectivity index is 1.75. The van der Waals surface area contributed by atoms with Gasteiger partial charge in [-0.1, -0.05) is 11.6 Å². The van der Waals surface area contributed by atoms with Crippen LogP contribution < -0.4 is 15.6 Å². The lowest BCUT2D eigenvalue weighted by molar-refractivity contribution is -0.149. The molecule has 1 saturated heterocycles. The van der Waals surface area contributed by atoms with Crippen molar-refractivity contribution in [3.05, 3.63) is 28.8 Å². The minimum Gasteiger partial charge on any atom is -0.496 e. The van der Waals surface area contributed by atoms with Crippen molar-refractivity contribution in [1.29, 1.82) is 0 Å². The summed E-state index contributed by atoms with van der Waals surface area (Å²) in [5.41, 5.74) is 4.38. The number of rotatable bonds is 6. The molecule has 0 radical (unpaired) electrons. The maximum atomic E-state index is 12.1. The highest BCUT2D eigenvalue weighted by Gasteiger charge is 2.30. The third-order valence-corrected chi connectivity index (χ3v) is 5.94. The predicted molar refractivity (Wildman–Crippen MR) is 95.9 cm³/mol. The Morgan fingerprint density at radius 2 is 2.00 bits per heavy atom. The van der Waals surface area contributed by atoms with Crippen LogP contribution in [-0.2, 0) is 24.2 Å². The smallest absolute Gasteiger partial charge is 0.306 e. The highest BCUT2D eigenvalue weighted by atomic mass is 35.5. The monoisotopic (exact) mass is 418 g/mol. The van der Waals surface area contributed by atoms with Gasteiger partial charge in [-0.2, -0.15) is 0 Å². The van der Waals surface area contributed by atoms with Gasteiger partial charge in [-0.05, 0) is 30.5 Å². The first-order valence-electron chi connectivity index (χ1n) is 7.99. The molecule has 0 spiro atoms. The topological polar surface area (TPSA) is 128 Å². The first kappa shape index (κ1) is 21.0. The SMILES string of the molecule is COc1ccc(Cl)cc1C(=O)NNC(=O)COC(=O)C[C@@H]1CCS(=O)(=O)C1. The van der Waals surface area contributed by atoms with Gasteiger partial charge in [0.1, 0.15) is 5.75 Å².